The zero-order valence-electron chi connectivity index (χ0n) is 19.2. The first-order chi connectivity index (χ1) is 16.4. The Labute approximate surface area is 197 Å². The fourth-order valence-electron chi connectivity index (χ4n) is 4.39. The fraction of sp³-hybridized carbons (Fsp3) is 0.400. The number of nitrogens with one attached hydrogen (secondary N) is 1. The third-order valence-corrected chi connectivity index (χ3v) is 6.55. The quantitative estimate of drug-likeness (QED) is 0.568. The van der Waals surface area contributed by atoms with E-state index in [1.54, 1.807) is 20.2 Å². The number of amides is 1. The minimum Gasteiger partial charge on any atom is -0.408 e. The van der Waals surface area contributed by atoms with Crippen LogP contribution in [0.2, 0.25) is 0 Å². The summed E-state index contributed by atoms with van der Waals surface area (Å²) >= 11 is 0. The summed E-state index contributed by atoms with van der Waals surface area (Å²) in [5.41, 5.74) is 8.34. The molecular formula is C25H28N4O5. The van der Waals surface area contributed by atoms with Gasteiger partial charge in [-0.05, 0) is 41.7 Å². The normalized spacial score (nSPS) is 22.0. The molecule has 1 aliphatic rings. The highest BCUT2D eigenvalue weighted by molar-refractivity contribution is 5.85. The molecule has 0 spiro atoms. The molecule has 0 bridgehead atoms. The Kier molecular flexibility index (Phi) is 6.84. The van der Waals surface area contributed by atoms with Crippen molar-refractivity contribution in [1.82, 2.24) is 9.88 Å². The molecule has 34 heavy (non-hydrogen) atoms. The molecule has 1 aliphatic heterocycles. The predicted molar refractivity (Wildman–Crippen MR) is 126 cm³/mol. The second-order valence-corrected chi connectivity index (χ2v) is 8.57. The molecule has 0 saturated carbocycles. The summed E-state index contributed by atoms with van der Waals surface area (Å²) in [5, 5.41) is 13.1. The van der Waals surface area contributed by atoms with Crippen LogP contribution in [0.3, 0.4) is 0 Å². The lowest BCUT2D eigenvalue weighted by Gasteiger charge is -2.37. The van der Waals surface area contributed by atoms with E-state index in [9.17, 15) is 14.9 Å². The maximum atomic E-state index is 12.5. The number of benzene rings is 2. The summed E-state index contributed by atoms with van der Waals surface area (Å²) in [6.45, 7) is 0.968. The van der Waals surface area contributed by atoms with Gasteiger partial charge in [-0.3, -0.25) is 9.36 Å². The molecule has 0 aliphatic carbocycles. The van der Waals surface area contributed by atoms with E-state index in [4.69, 9.17) is 19.6 Å². The van der Waals surface area contributed by atoms with Crippen LogP contribution in [0.25, 0.3) is 22.2 Å². The summed E-state index contributed by atoms with van der Waals surface area (Å²) in [7, 11) is 3.30. The summed E-state index contributed by atoms with van der Waals surface area (Å²) in [6.07, 6.45) is 0.880. The second kappa shape index (κ2) is 9.81. The van der Waals surface area contributed by atoms with Gasteiger partial charge in [0.25, 0.3) is 5.91 Å². The van der Waals surface area contributed by atoms with E-state index in [0.29, 0.717) is 30.5 Å². The number of methoxy groups -OCH3 is 1. The van der Waals surface area contributed by atoms with Crippen LogP contribution in [-0.2, 0) is 27.7 Å². The summed E-state index contributed by atoms with van der Waals surface area (Å²) in [6, 6.07) is 15.5. The van der Waals surface area contributed by atoms with Crippen molar-refractivity contribution in [2.24, 2.45) is 18.7 Å². The van der Waals surface area contributed by atoms with Crippen LogP contribution in [0.15, 0.2) is 51.7 Å². The Morgan fingerprint density at radius 2 is 2.06 bits per heavy atom. The molecule has 2 aromatic carbocycles. The molecule has 1 aromatic heterocycles. The number of carbonyl (C=O) groups is 1. The number of oxazole rings is 1. The predicted octanol–water partition coefficient (Wildman–Crippen LogP) is 1.73. The summed E-state index contributed by atoms with van der Waals surface area (Å²) in [5.74, 6) is -1.82. The van der Waals surface area contributed by atoms with Crippen molar-refractivity contribution in [3.05, 3.63) is 58.6 Å². The van der Waals surface area contributed by atoms with Crippen LogP contribution >= 0.6 is 0 Å². The van der Waals surface area contributed by atoms with Gasteiger partial charge in [0.15, 0.2) is 11.2 Å². The topological polar surface area (TPSA) is 133 Å². The maximum Gasteiger partial charge on any atom is 0.419 e. The van der Waals surface area contributed by atoms with Crippen LogP contribution in [0, 0.1) is 17.2 Å². The van der Waals surface area contributed by atoms with Crippen molar-refractivity contribution in [2.45, 2.75) is 24.5 Å². The van der Waals surface area contributed by atoms with E-state index in [1.165, 1.54) is 4.57 Å². The van der Waals surface area contributed by atoms with Crippen LogP contribution in [-0.4, -0.2) is 49.0 Å². The largest absolute Gasteiger partial charge is 0.419 e. The SMILES string of the molecule is COC1CCOC(C(N)=O)([C@H](C#N)Cc2ccc(-c3ccc4oc(=O)n(C)c4c3)cc2)CNC1. The molecule has 1 saturated heterocycles. The smallest absolute Gasteiger partial charge is 0.408 e. The molecule has 3 aromatic rings. The molecule has 0 radical (unpaired) electrons. The molecule has 3 N–H and O–H groups in total. The van der Waals surface area contributed by atoms with Gasteiger partial charge >= 0.3 is 5.76 Å². The van der Waals surface area contributed by atoms with Gasteiger partial charge in [0, 0.05) is 27.2 Å². The Hall–Kier alpha value is -3.45. The monoisotopic (exact) mass is 464 g/mol. The number of rotatable bonds is 6. The molecule has 2 heterocycles. The molecule has 1 amide bonds. The lowest BCUT2D eigenvalue weighted by Crippen LogP contribution is -2.60. The van der Waals surface area contributed by atoms with Gasteiger partial charge < -0.3 is 24.9 Å². The number of ether oxygens (including phenoxy) is 2. The van der Waals surface area contributed by atoms with Gasteiger partial charge in [0.05, 0.1) is 30.2 Å². The number of nitrogens with two attached hydrogens (primary N) is 1. The van der Waals surface area contributed by atoms with Gasteiger partial charge in [-0.2, -0.15) is 5.26 Å². The van der Waals surface area contributed by atoms with Gasteiger partial charge in [-0.25, -0.2) is 4.79 Å². The summed E-state index contributed by atoms with van der Waals surface area (Å²) < 4.78 is 18.0. The van der Waals surface area contributed by atoms with Crippen molar-refractivity contribution >= 4 is 17.0 Å². The van der Waals surface area contributed by atoms with Gasteiger partial charge in [-0.1, -0.05) is 30.3 Å². The highest BCUT2D eigenvalue weighted by atomic mass is 16.5. The second-order valence-electron chi connectivity index (χ2n) is 8.57. The molecular weight excluding hydrogens is 436 g/mol. The molecule has 1 fully saturated rings. The lowest BCUT2D eigenvalue weighted by atomic mass is 9.82. The number of aromatic nitrogens is 1. The number of nitrogens with zero attached hydrogens (tertiary/aromatic N) is 2. The van der Waals surface area contributed by atoms with E-state index in [1.807, 2.05) is 36.4 Å². The first kappa shape index (κ1) is 23.7. The van der Waals surface area contributed by atoms with Crippen molar-refractivity contribution in [3.8, 4) is 17.2 Å². The van der Waals surface area contributed by atoms with Crippen LogP contribution in [0.5, 0.6) is 0 Å². The van der Waals surface area contributed by atoms with E-state index < -0.39 is 23.2 Å². The zero-order chi connectivity index (χ0) is 24.3. The maximum absolute atomic E-state index is 12.5. The number of hydrogen-bond donors (Lipinski definition) is 2. The van der Waals surface area contributed by atoms with Crippen LogP contribution in [0.4, 0.5) is 0 Å². The minimum atomic E-state index is -1.43. The number of fused-ring (bicyclic) bond motifs is 1. The van der Waals surface area contributed by atoms with Crippen LogP contribution < -0.4 is 16.8 Å². The van der Waals surface area contributed by atoms with Crippen LogP contribution in [0.1, 0.15) is 12.0 Å². The highest BCUT2D eigenvalue weighted by Crippen LogP contribution is 2.29. The number of aryl methyl sites for hydroxylation is 1. The first-order valence-electron chi connectivity index (χ1n) is 11.1. The number of hydrogen-bond acceptors (Lipinski definition) is 7. The molecule has 3 atom stereocenters. The molecule has 4 rings (SSSR count). The van der Waals surface area contributed by atoms with Crippen molar-refractivity contribution in [3.63, 3.8) is 0 Å². The Morgan fingerprint density at radius 1 is 1.32 bits per heavy atom. The lowest BCUT2D eigenvalue weighted by molar-refractivity contribution is -0.152. The standard InChI is InChI=1S/C25H28N4O5/c1-29-21-12-18(7-8-22(21)34-24(29)31)17-5-3-16(4-6-17)11-19(13-26)25(23(27)30)15-28-14-20(32-2)9-10-33-25/h3-8,12,19-20,28H,9-11,14-15H2,1-2H3,(H2,27,30)/t19-,20?,25?/m0/s1. The number of primary amides is 1. The van der Waals surface area contributed by atoms with Gasteiger partial charge in [0.1, 0.15) is 0 Å². The minimum absolute atomic E-state index is 0.0253. The van der Waals surface area contributed by atoms with Crippen molar-refractivity contribution < 1.29 is 18.7 Å². The number of nitriles is 1. The zero-order valence-corrected chi connectivity index (χ0v) is 19.2. The van der Waals surface area contributed by atoms with E-state index >= 15 is 0 Å². The third kappa shape index (κ3) is 4.48. The van der Waals surface area contributed by atoms with Crippen molar-refractivity contribution in [2.75, 3.05) is 26.8 Å². The van der Waals surface area contributed by atoms with Crippen molar-refractivity contribution in [1.29, 1.82) is 5.26 Å². The average molecular weight is 465 g/mol. The molecule has 9 heteroatoms. The van der Waals surface area contributed by atoms with E-state index in [-0.39, 0.29) is 19.3 Å². The molecule has 178 valence electrons. The Bertz CT molecular complexity index is 1260. The van der Waals surface area contributed by atoms with Gasteiger partial charge in [-0.15, -0.1) is 0 Å². The average Bonchev–Trinajstić information content (AvgIpc) is 3.11. The third-order valence-electron chi connectivity index (χ3n) is 6.55. The Morgan fingerprint density at radius 3 is 2.74 bits per heavy atom. The highest BCUT2D eigenvalue weighted by Gasteiger charge is 2.46. The van der Waals surface area contributed by atoms with E-state index in [0.717, 1.165) is 16.7 Å². The fourth-order valence-corrected chi connectivity index (χ4v) is 4.39. The van der Waals surface area contributed by atoms with E-state index in [2.05, 4.69) is 11.4 Å². The van der Waals surface area contributed by atoms with Gasteiger partial charge in [0.2, 0.25) is 0 Å². The molecule has 9 nitrogen and oxygen atoms in total. The summed E-state index contributed by atoms with van der Waals surface area (Å²) in [4.78, 5) is 24.3. The first-order valence-corrected chi connectivity index (χ1v) is 11.1. The Balaban J connectivity index is 1.55. The molecule has 2 unspecified atom stereocenters. The number of carbonyl (C=O) groups excluding carboxylic acids is 1.